The minimum atomic E-state index is -0.410. The Morgan fingerprint density at radius 3 is 2.67 bits per heavy atom. The number of nitrogens with zero attached hydrogens (tertiary/aromatic N) is 5. The van der Waals surface area contributed by atoms with E-state index in [1.54, 1.807) is 20.2 Å². The minimum absolute atomic E-state index is 0.186. The van der Waals surface area contributed by atoms with Crippen LogP contribution in [0.2, 0.25) is 5.02 Å². The summed E-state index contributed by atoms with van der Waals surface area (Å²) in [7, 11) is 4.73. The van der Waals surface area contributed by atoms with Crippen LogP contribution in [0.25, 0.3) is 11.2 Å². The van der Waals surface area contributed by atoms with Crippen molar-refractivity contribution in [3.8, 4) is 5.75 Å². The first-order valence-electron chi connectivity index (χ1n) is 9.67. The highest BCUT2D eigenvalue weighted by molar-refractivity contribution is 6.32. The number of imidazole rings is 1. The fourth-order valence-electron chi connectivity index (χ4n) is 3.93. The van der Waals surface area contributed by atoms with Gasteiger partial charge >= 0.3 is 5.69 Å². The summed E-state index contributed by atoms with van der Waals surface area (Å²) in [6, 6.07) is 5.53. The Labute approximate surface area is 178 Å². The van der Waals surface area contributed by atoms with Crippen LogP contribution in [-0.2, 0) is 24.9 Å². The second-order valence-electron chi connectivity index (χ2n) is 7.52. The number of halogens is 1. The van der Waals surface area contributed by atoms with Crippen LogP contribution in [0.5, 0.6) is 5.75 Å². The molecule has 0 amide bonds. The van der Waals surface area contributed by atoms with E-state index in [-0.39, 0.29) is 24.6 Å². The summed E-state index contributed by atoms with van der Waals surface area (Å²) in [5, 5.41) is 0.491. The molecule has 30 heavy (non-hydrogen) atoms. The van der Waals surface area contributed by atoms with Crippen molar-refractivity contribution in [3.05, 3.63) is 44.1 Å². The summed E-state index contributed by atoms with van der Waals surface area (Å²) in [6.07, 6.45) is 0. The monoisotopic (exact) mass is 433 g/mol. The van der Waals surface area contributed by atoms with Gasteiger partial charge in [0.25, 0.3) is 5.56 Å². The number of benzene rings is 1. The number of hydrogen-bond donors (Lipinski definition) is 0. The van der Waals surface area contributed by atoms with E-state index in [9.17, 15) is 9.59 Å². The lowest BCUT2D eigenvalue weighted by Crippen LogP contribution is -2.41. The molecular formula is C20H24ClN5O4. The van der Waals surface area contributed by atoms with E-state index in [2.05, 4.69) is 6.92 Å². The molecule has 3 heterocycles. The number of fused-ring (bicyclic) bond motifs is 3. The van der Waals surface area contributed by atoms with E-state index in [0.29, 0.717) is 41.0 Å². The first-order valence-corrected chi connectivity index (χ1v) is 10.0. The summed E-state index contributed by atoms with van der Waals surface area (Å²) in [4.78, 5) is 32.6. The second-order valence-corrected chi connectivity index (χ2v) is 7.93. The number of hydrogen-bond acceptors (Lipinski definition) is 6. The van der Waals surface area contributed by atoms with Crippen molar-refractivity contribution >= 4 is 34.4 Å². The fraction of sp³-hybridized carbons (Fsp3) is 0.450. The van der Waals surface area contributed by atoms with Crippen molar-refractivity contribution in [1.29, 1.82) is 0 Å². The lowest BCUT2D eigenvalue weighted by atomic mass is 10.1. The summed E-state index contributed by atoms with van der Waals surface area (Å²) < 4.78 is 14.8. The molecule has 1 aliphatic heterocycles. The molecule has 10 heteroatoms. The summed E-state index contributed by atoms with van der Waals surface area (Å²) in [5.41, 5.74) is 0.859. The predicted molar refractivity (Wildman–Crippen MR) is 115 cm³/mol. The molecule has 2 aromatic heterocycles. The number of aromatic nitrogens is 4. The number of methoxy groups -OCH3 is 2. The van der Waals surface area contributed by atoms with Gasteiger partial charge < -0.3 is 18.9 Å². The maximum absolute atomic E-state index is 13.2. The second kappa shape index (κ2) is 7.81. The normalized spacial score (nSPS) is 16.2. The van der Waals surface area contributed by atoms with Gasteiger partial charge in [0.1, 0.15) is 5.75 Å². The Bertz CT molecular complexity index is 1230. The van der Waals surface area contributed by atoms with Gasteiger partial charge in [0.2, 0.25) is 5.95 Å². The molecule has 0 N–H and O–H groups in total. The van der Waals surface area contributed by atoms with Gasteiger partial charge in [-0.05, 0) is 24.1 Å². The highest BCUT2D eigenvalue weighted by Crippen LogP contribution is 2.36. The SMILES string of the molecule is COCCn1c(=O)c2c(nc3n2CC(C)CN3c2ccc(OC)c(Cl)c2)n(C)c1=O. The molecule has 0 bridgehead atoms. The standard InChI is InChI=1S/C20H24ClN5O4/c1-12-10-25(13-5-6-15(30-4)14(21)9-13)19-22-17-16(26(19)11-12)18(27)24(7-8-29-3)20(28)23(17)2/h5-6,9,12H,7-8,10-11H2,1-4H3. The van der Waals surface area contributed by atoms with Crippen LogP contribution in [0.3, 0.4) is 0 Å². The maximum atomic E-state index is 13.2. The van der Waals surface area contributed by atoms with Crippen LogP contribution in [0.15, 0.2) is 27.8 Å². The van der Waals surface area contributed by atoms with E-state index in [0.717, 1.165) is 5.69 Å². The molecule has 4 rings (SSSR count). The lowest BCUT2D eigenvalue weighted by Gasteiger charge is -2.33. The van der Waals surface area contributed by atoms with Gasteiger partial charge in [-0.3, -0.25) is 13.9 Å². The van der Waals surface area contributed by atoms with Crippen molar-refractivity contribution < 1.29 is 9.47 Å². The average Bonchev–Trinajstić information content (AvgIpc) is 3.11. The molecular weight excluding hydrogens is 410 g/mol. The van der Waals surface area contributed by atoms with E-state index < -0.39 is 5.69 Å². The van der Waals surface area contributed by atoms with E-state index in [1.165, 1.54) is 16.2 Å². The molecule has 1 aliphatic rings. The van der Waals surface area contributed by atoms with Gasteiger partial charge in [0, 0.05) is 32.9 Å². The zero-order valence-electron chi connectivity index (χ0n) is 17.4. The Kier molecular flexibility index (Phi) is 5.33. The lowest BCUT2D eigenvalue weighted by molar-refractivity contribution is 0.184. The van der Waals surface area contributed by atoms with Crippen LogP contribution in [0, 0.1) is 5.92 Å². The van der Waals surface area contributed by atoms with E-state index in [1.807, 2.05) is 21.6 Å². The first kappa shape index (κ1) is 20.5. The molecule has 0 fully saturated rings. The van der Waals surface area contributed by atoms with Crippen molar-refractivity contribution in [2.24, 2.45) is 13.0 Å². The first-order chi connectivity index (χ1) is 14.4. The van der Waals surface area contributed by atoms with Crippen LogP contribution >= 0.6 is 11.6 Å². The topological polar surface area (TPSA) is 83.5 Å². The Hall–Kier alpha value is -2.78. The van der Waals surface area contributed by atoms with Crippen LogP contribution < -0.4 is 20.9 Å². The van der Waals surface area contributed by atoms with Gasteiger partial charge in [-0.2, -0.15) is 4.98 Å². The summed E-state index contributed by atoms with van der Waals surface area (Å²) in [6.45, 7) is 3.90. The number of aryl methyl sites for hydroxylation is 1. The third kappa shape index (κ3) is 3.18. The Balaban J connectivity index is 1.94. The third-order valence-electron chi connectivity index (χ3n) is 5.41. The van der Waals surface area contributed by atoms with Crippen molar-refractivity contribution in [1.82, 2.24) is 18.7 Å². The Morgan fingerprint density at radius 2 is 2.00 bits per heavy atom. The maximum Gasteiger partial charge on any atom is 0.332 e. The number of rotatable bonds is 5. The molecule has 1 unspecified atom stereocenters. The molecule has 1 aromatic carbocycles. The average molecular weight is 434 g/mol. The van der Waals surface area contributed by atoms with Gasteiger partial charge in [-0.15, -0.1) is 0 Å². The molecule has 3 aromatic rings. The molecule has 9 nitrogen and oxygen atoms in total. The van der Waals surface area contributed by atoms with Gasteiger partial charge in [-0.1, -0.05) is 18.5 Å². The molecule has 0 saturated carbocycles. The molecule has 1 atom stereocenters. The quantitative estimate of drug-likeness (QED) is 0.612. The van der Waals surface area contributed by atoms with Crippen molar-refractivity contribution in [2.45, 2.75) is 20.0 Å². The van der Waals surface area contributed by atoms with Crippen molar-refractivity contribution in [2.75, 3.05) is 32.3 Å². The van der Waals surface area contributed by atoms with Crippen LogP contribution in [0.1, 0.15) is 6.92 Å². The largest absolute Gasteiger partial charge is 0.495 e. The van der Waals surface area contributed by atoms with Gasteiger partial charge in [0.05, 0.1) is 25.3 Å². The van der Waals surface area contributed by atoms with Crippen LogP contribution in [-0.4, -0.2) is 46.1 Å². The summed E-state index contributed by atoms with van der Waals surface area (Å²) in [5.74, 6) is 1.45. The minimum Gasteiger partial charge on any atom is -0.495 e. The molecule has 0 aliphatic carbocycles. The highest BCUT2D eigenvalue weighted by atomic mass is 35.5. The Morgan fingerprint density at radius 1 is 1.23 bits per heavy atom. The smallest absolute Gasteiger partial charge is 0.332 e. The summed E-state index contributed by atoms with van der Waals surface area (Å²) >= 11 is 6.34. The zero-order chi connectivity index (χ0) is 21.6. The van der Waals surface area contributed by atoms with Crippen molar-refractivity contribution in [3.63, 3.8) is 0 Å². The van der Waals surface area contributed by atoms with E-state index >= 15 is 0 Å². The highest BCUT2D eigenvalue weighted by Gasteiger charge is 2.30. The third-order valence-corrected chi connectivity index (χ3v) is 5.70. The fourth-order valence-corrected chi connectivity index (χ4v) is 4.18. The number of ether oxygens (including phenoxy) is 2. The molecule has 0 radical (unpaired) electrons. The van der Waals surface area contributed by atoms with Gasteiger partial charge in [-0.25, -0.2) is 4.79 Å². The number of anilines is 2. The van der Waals surface area contributed by atoms with Gasteiger partial charge in [0.15, 0.2) is 11.2 Å². The molecule has 0 saturated heterocycles. The van der Waals surface area contributed by atoms with Crippen LogP contribution in [0.4, 0.5) is 11.6 Å². The molecule has 0 spiro atoms. The predicted octanol–water partition coefficient (Wildman–Crippen LogP) is 1.99. The van der Waals surface area contributed by atoms with E-state index in [4.69, 9.17) is 26.1 Å². The zero-order valence-corrected chi connectivity index (χ0v) is 18.1. The molecule has 160 valence electrons.